The van der Waals surface area contributed by atoms with E-state index in [1.54, 1.807) is 0 Å². The number of piperidine rings is 1. The zero-order valence-electron chi connectivity index (χ0n) is 11.7. The molecule has 21 heavy (non-hydrogen) atoms. The molecule has 1 fully saturated rings. The number of imide groups is 1. The van der Waals surface area contributed by atoms with Gasteiger partial charge in [-0.15, -0.1) is 0 Å². The van der Waals surface area contributed by atoms with E-state index in [0.29, 0.717) is 12.8 Å². The summed E-state index contributed by atoms with van der Waals surface area (Å²) in [5.41, 5.74) is 2.18. The molecule has 2 aromatic carbocycles. The second kappa shape index (κ2) is 5.92. The van der Waals surface area contributed by atoms with Gasteiger partial charge in [0.15, 0.2) is 0 Å². The number of carbonyl (C=O) groups is 2. The van der Waals surface area contributed by atoms with Crippen molar-refractivity contribution in [3.05, 3.63) is 71.8 Å². The van der Waals surface area contributed by atoms with E-state index in [4.69, 9.17) is 0 Å². The summed E-state index contributed by atoms with van der Waals surface area (Å²) in [6.07, 6.45) is 1.02. The monoisotopic (exact) mass is 279 g/mol. The maximum atomic E-state index is 12.3. The number of hydrogen-bond acceptors (Lipinski definition) is 2. The molecule has 1 heterocycles. The fourth-order valence-corrected chi connectivity index (χ4v) is 2.96. The van der Waals surface area contributed by atoms with Crippen LogP contribution in [0.3, 0.4) is 0 Å². The van der Waals surface area contributed by atoms with Crippen LogP contribution in [0.25, 0.3) is 0 Å². The third-order valence-corrected chi connectivity index (χ3v) is 4.02. The van der Waals surface area contributed by atoms with Gasteiger partial charge in [-0.2, -0.15) is 0 Å². The minimum absolute atomic E-state index is 0.0485. The maximum Gasteiger partial charge on any atom is 0.230 e. The van der Waals surface area contributed by atoms with E-state index in [2.05, 4.69) is 5.32 Å². The first-order chi connectivity index (χ1) is 10.2. The SMILES string of the molecule is O=C1CC(c2ccccc2)C(Cc2ccccc2)C(=O)N1. The largest absolute Gasteiger partial charge is 0.296 e. The van der Waals surface area contributed by atoms with Crippen LogP contribution in [0.1, 0.15) is 23.5 Å². The number of carbonyl (C=O) groups excluding carboxylic acids is 2. The van der Waals surface area contributed by atoms with Gasteiger partial charge in [0.1, 0.15) is 0 Å². The van der Waals surface area contributed by atoms with Crippen molar-refractivity contribution >= 4 is 11.8 Å². The fraction of sp³-hybridized carbons (Fsp3) is 0.222. The molecule has 1 N–H and O–H groups in total. The molecule has 2 aromatic rings. The molecule has 0 bridgehead atoms. The first-order valence-electron chi connectivity index (χ1n) is 7.16. The molecule has 106 valence electrons. The molecule has 2 atom stereocenters. The lowest BCUT2D eigenvalue weighted by atomic mass is 9.77. The Morgan fingerprint density at radius 2 is 1.52 bits per heavy atom. The Labute approximate surface area is 124 Å². The predicted molar refractivity (Wildman–Crippen MR) is 80.6 cm³/mol. The molecule has 0 spiro atoms. The highest BCUT2D eigenvalue weighted by molar-refractivity contribution is 6.00. The summed E-state index contributed by atoms with van der Waals surface area (Å²) < 4.78 is 0. The van der Waals surface area contributed by atoms with E-state index in [1.807, 2.05) is 60.7 Å². The first kappa shape index (κ1) is 13.6. The third-order valence-electron chi connectivity index (χ3n) is 4.02. The molecule has 1 aliphatic rings. The van der Waals surface area contributed by atoms with Gasteiger partial charge in [-0.1, -0.05) is 60.7 Å². The van der Waals surface area contributed by atoms with Crippen molar-refractivity contribution in [2.75, 3.05) is 0 Å². The van der Waals surface area contributed by atoms with E-state index in [9.17, 15) is 9.59 Å². The summed E-state index contributed by atoms with van der Waals surface area (Å²) in [4.78, 5) is 24.0. The standard InChI is InChI=1S/C18H17NO2/c20-17-12-15(14-9-5-2-6-10-14)16(18(21)19-17)11-13-7-3-1-4-8-13/h1-10,15-16H,11-12H2,(H,19,20,21). The van der Waals surface area contributed by atoms with Crippen LogP contribution in [-0.4, -0.2) is 11.8 Å². The molecule has 2 unspecified atom stereocenters. The van der Waals surface area contributed by atoms with Gasteiger partial charge in [0.2, 0.25) is 11.8 Å². The number of nitrogens with one attached hydrogen (secondary N) is 1. The van der Waals surface area contributed by atoms with Crippen molar-refractivity contribution in [3.63, 3.8) is 0 Å². The van der Waals surface area contributed by atoms with Crippen molar-refractivity contribution in [3.8, 4) is 0 Å². The fourth-order valence-electron chi connectivity index (χ4n) is 2.96. The lowest BCUT2D eigenvalue weighted by molar-refractivity contribution is -0.137. The Morgan fingerprint density at radius 1 is 0.905 bits per heavy atom. The van der Waals surface area contributed by atoms with Gasteiger partial charge < -0.3 is 0 Å². The number of amides is 2. The van der Waals surface area contributed by atoms with Gasteiger partial charge in [0, 0.05) is 18.3 Å². The Hall–Kier alpha value is -2.42. The molecular weight excluding hydrogens is 262 g/mol. The van der Waals surface area contributed by atoms with Gasteiger partial charge in [0.05, 0.1) is 0 Å². The van der Waals surface area contributed by atoms with Crippen LogP contribution in [0.15, 0.2) is 60.7 Å². The summed E-state index contributed by atoms with van der Waals surface area (Å²) in [6.45, 7) is 0. The van der Waals surface area contributed by atoms with Crippen LogP contribution in [-0.2, 0) is 16.0 Å². The van der Waals surface area contributed by atoms with E-state index in [1.165, 1.54) is 0 Å². The summed E-state index contributed by atoms with van der Waals surface area (Å²) in [6, 6.07) is 19.8. The van der Waals surface area contributed by atoms with E-state index in [-0.39, 0.29) is 23.7 Å². The maximum absolute atomic E-state index is 12.3. The Kier molecular flexibility index (Phi) is 3.82. The van der Waals surface area contributed by atoms with Crippen LogP contribution in [0.5, 0.6) is 0 Å². The van der Waals surface area contributed by atoms with Crippen LogP contribution < -0.4 is 5.32 Å². The van der Waals surface area contributed by atoms with Crippen molar-refractivity contribution in [1.82, 2.24) is 5.32 Å². The van der Waals surface area contributed by atoms with Crippen LogP contribution in [0, 0.1) is 5.92 Å². The Bertz CT molecular complexity index is 637. The minimum atomic E-state index is -0.201. The molecule has 2 amide bonds. The van der Waals surface area contributed by atoms with Crippen LogP contribution in [0.2, 0.25) is 0 Å². The normalized spacial score (nSPS) is 21.9. The quantitative estimate of drug-likeness (QED) is 0.878. The van der Waals surface area contributed by atoms with Crippen molar-refractivity contribution in [2.24, 2.45) is 5.92 Å². The molecule has 1 saturated heterocycles. The zero-order chi connectivity index (χ0) is 14.7. The topological polar surface area (TPSA) is 46.2 Å². The molecular formula is C18H17NO2. The van der Waals surface area contributed by atoms with Gasteiger partial charge >= 0.3 is 0 Å². The molecule has 1 aliphatic heterocycles. The van der Waals surface area contributed by atoms with Gasteiger partial charge in [0.25, 0.3) is 0 Å². The highest BCUT2D eigenvalue weighted by atomic mass is 16.2. The van der Waals surface area contributed by atoms with Gasteiger partial charge in [-0.3, -0.25) is 14.9 Å². The van der Waals surface area contributed by atoms with E-state index < -0.39 is 0 Å². The smallest absolute Gasteiger partial charge is 0.230 e. The highest BCUT2D eigenvalue weighted by Gasteiger charge is 2.36. The van der Waals surface area contributed by atoms with Crippen LogP contribution in [0.4, 0.5) is 0 Å². The summed E-state index contributed by atoms with van der Waals surface area (Å²) in [5.74, 6) is -0.595. The molecule has 3 nitrogen and oxygen atoms in total. The number of benzene rings is 2. The average Bonchev–Trinajstić information content (AvgIpc) is 2.51. The Morgan fingerprint density at radius 3 is 2.19 bits per heavy atom. The van der Waals surface area contributed by atoms with Gasteiger partial charge in [-0.25, -0.2) is 0 Å². The molecule has 0 saturated carbocycles. The minimum Gasteiger partial charge on any atom is -0.296 e. The van der Waals surface area contributed by atoms with E-state index >= 15 is 0 Å². The van der Waals surface area contributed by atoms with Gasteiger partial charge in [-0.05, 0) is 17.5 Å². The molecule has 0 radical (unpaired) electrons. The van der Waals surface area contributed by atoms with Crippen molar-refractivity contribution in [1.29, 1.82) is 0 Å². The third kappa shape index (κ3) is 3.02. The lowest BCUT2D eigenvalue weighted by Gasteiger charge is -2.30. The second-order valence-electron chi connectivity index (χ2n) is 5.43. The number of hydrogen-bond donors (Lipinski definition) is 1. The van der Waals surface area contributed by atoms with E-state index in [0.717, 1.165) is 11.1 Å². The second-order valence-corrected chi connectivity index (χ2v) is 5.43. The average molecular weight is 279 g/mol. The Balaban J connectivity index is 1.90. The van der Waals surface area contributed by atoms with Crippen LogP contribution >= 0.6 is 0 Å². The number of rotatable bonds is 3. The predicted octanol–water partition coefficient (Wildman–Crippen LogP) is 2.68. The van der Waals surface area contributed by atoms with Crippen molar-refractivity contribution in [2.45, 2.75) is 18.8 Å². The highest BCUT2D eigenvalue weighted by Crippen LogP contribution is 2.33. The summed E-state index contributed by atoms with van der Waals surface area (Å²) in [5, 5.41) is 2.47. The summed E-state index contributed by atoms with van der Waals surface area (Å²) >= 11 is 0. The molecule has 3 rings (SSSR count). The molecule has 0 aromatic heterocycles. The molecule has 0 aliphatic carbocycles. The van der Waals surface area contributed by atoms with Crippen molar-refractivity contribution < 1.29 is 9.59 Å². The first-order valence-corrected chi connectivity index (χ1v) is 7.16. The lowest BCUT2D eigenvalue weighted by Crippen LogP contribution is -2.45. The molecule has 3 heteroatoms. The summed E-state index contributed by atoms with van der Waals surface area (Å²) in [7, 11) is 0. The zero-order valence-corrected chi connectivity index (χ0v) is 11.7.